The third kappa shape index (κ3) is 5.73. The Morgan fingerprint density at radius 3 is 2.50 bits per heavy atom. The molecular weight excluding hydrogens is 356 g/mol. The molecule has 2 aromatic rings. The van der Waals surface area contributed by atoms with Crippen molar-refractivity contribution in [2.75, 3.05) is 5.75 Å². The summed E-state index contributed by atoms with van der Waals surface area (Å²) in [4.78, 5) is 24.0. The first-order chi connectivity index (χ1) is 12.3. The van der Waals surface area contributed by atoms with E-state index in [9.17, 15) is 18.0 Å². The van der Waals surface area contributed by atoms with E-state index in [1.54, 1.807) is 36.4 Å². The summed E-state index contributed by atoms with van der Waals surface area (Å²) in [5, 5.41) is 4.70. The molecule has 0 fully saturated rings. The lowest BCUT2D eigenvalue weighted by atomic mass is 10.1. The van der Waals surface area contributed by atoms with Gasteiger partial charge in [0.15, 0.2) is 9.84 Å². The zero-order valence-corrected chi connectivity index (χ0v) is 15.5. The van der Waals surface area contributed by atoms with E-state index >= 15 is 0 Å². The van der Waals surface area contributed by atoms with Gasteiger partial charge in [-0.05, 0) is 43.7 Å². The molecule has 0 atom stereocenters. The Bertz CT molecular complexity index is 857. The first-order valence-corrected chi connectivity index (χ1v) is 9.87. The highest BCUT2D eigenvalue weighted by molar-refractivity contribution is 7.92. The Hall–Kier alpha value is -2.61. The predicted molar refractivity (Wildman–Crippen MR) is 97.1 cm³/mol. The fourth-order valence-corrected chi connectivity index (χ4v) is 2.91. The van der Waals surface area contributed by atoms with Gasteiger partial charge in [-0.15, -0.1) is 0 Å². The number of furan rings is 1. The molecule has 0 spiro atoms. The van der Waals surface area contributed by atoms with Gasteiger partial charge in [0.25, 0.3) is 5.91 Å². The number of hydrogen-bond acceptors (Lipinski definition) is 5. The molecule has 0 aliphatic rings. The van der Waals surface area contributed by atoms with Gasteiger partial charge in [-0.3, -0.25) is 9.59 Å². The van der Waals surface area contributed by atoms with E-state index in [0.717, 1.165) is 0 Å². The maximum absolute atomic E-state index is 12.2. The summed E-state index contributed by atoms with van der Waals surface area (Å²) in [6.45, 7) is 3.49. The Kier molecular flexibility index (Phi) is 6.57. The van der Waals surface area contributed by atoms with Crippen LogP contribution in [0.25, 0.3) is 0 Å². The Balaban J connectivity index is 1.90. The number of benzene rings is 1. The zero-order chi connectivity index (χ0) is 19.2. The van der Waals surface area contributed by atoms with Crippen molar-refractivity contribution in [1.29, 1.82) is 0 Å². The summed E-state index contributed by atoms with van der Waals surface area (Å²) < 4.78 is 28.6. The van der Waals surface area contributed by atoms with Crippen LogP contribution in [-0.4, -0.2) is 31.2 Å². The van der Waals surface area contributed by atoms with Crippen LogP contribution in [0.5, 0.6) is 0 Å². The molecular formula is C18H22N2O5S. The molecule has 2 N–H and O–H groups in total. The predicted octanol–water partition coefficient (Wildman–Crippen LogP) is 1.65. The van der Waals surface area contributed by atoms with Crippen molar-refractivity contribution in [3.05, 3.63) is 59.5 Å². The van der Waals surface area contributed by atoms with E-state index in [1.807, 2.05) is 0 Å². The minimum absolute atomic E-state index is 0.145. The van der Waals surface area contributed by atoms with Crippen LogP contribution in [0.4, 0.5) is 0 Å². The summed E-state index contributed by atoms with van der Waals surface area (Å²) in [5.41, 5.74) is 1.14. The van der Waals surface area contributed by atoms with Crippen molar-refractivity contribution in [2.45, 2.75) is 32.2 Å². The molecule has 1 heterocycles. The molecule has 0 aliphatic heterocycles. The largest absolute Gasteiger partial charge is 0.467 e. The van der Waals surface area contributed by atoms with Gasteiger partial charge in [-0.1, -0.05) is 12.1 Å². The van der Waals surface area contributed by atoms with Gasteiger partial charge in [0.1, 0.15) is 11.5 Å². The second-order valence-electron chi connectivity index (χ2n) is 6.10. The zero-order valence-electron chi connectivity index (χ0n) is 14.7. The van der Waals surface area contributed by atoms with Crippen molar-refractivity contribution in [3.8, 4) is 0 Å². The maximum Gasteiger partial charge on any atom is 0.251 e. The average molecular weight is 378 g/mol. The standard InChI is InChI=1S/C18H22N2O5S/c1-13(2)26(23,24)12-17(21)19-10-14-5-3-6-15(9-14)18(22)20-11-16-7-4-8-25-16/h3-9,13H,10-12H2,1-2H3,(H,19,21)(H,20,22). The second-order valence-corrected chi connectivity index (χ2v) is 8.65. The molecule has 0 saturated carbocycles. The lowest BCUT2D eigenvalue weighted by Crippen LogP contribution is -2.33. The minimum atomic E-state index is -3.44. The summed E-state index contributed by atoms with van der Waals surface area (Å²) in [6, 6.07) is 10.3. The highest BCUT2D eigenvalue weighted by atomic mass is 32.2. The summed E-state index contributed by atoms with van der Waals surface area (Å²) >= 11 is 0. The van der Waals surface area contributed by atoms with Crippen LogP contribution in [0.1, 0.15) is 35.5 Å². The number of amides is 2. The van der Waals surface area contributed by atoms with Crippen molar-refractivity contribution in [1.82, 2.24) is 10.6 Å². The highest BCUT2D eigenvalue weighted by Gasteiger charge is 2.20. The smallest absolute Gasteiger partial charge is 0.251 e. The molecule has 0 bridgehead atoms. The van der Waals surface area contributed by atoms with E-state index in [-0.39, 0.29) is 19.0 Å². The molecule has 140 valence electrons. The summed E-state index contributed by atoms with van der Waals surface area (Å²) in [7, 11) is -3.44. The van der Waals surface area contributed by atoms with Gasteiger partial charge < -0.3 is 15.1 Å². The summed E-state index contributed by atoms with van der Waals surface area (Å²) in [6.07, 6.45) is 1.53. The van der Waals surface area contributed by atoms with Gasteiger partial charge >= 0.3 is 0 Å². The first-order valence-electron chi connectivity index (χ1n) is 8.15. The molecule has 0 unspecified atom stereocenters. The highest BCUT2D eigenvalue weighted by Crippen LogP contribution is 2.07. The fourth-order valence-electron chi connectivity index (χ4n) is 2.11. The van der Waals surface area contributed by atoms with E-state index in [0.29, 0.717) is 16.9 Å². The van der Waals surface area contributed by atoms with Crippen LogP contribution in [0.2, 0.25) is 0 Å². The van der Waals surface area contributed by atoms with Gasteiger partial charge in [0, 0.05) is 12.1 Å². The van der Waals surface area contributed by atoms with E-state index in [1.165, 1.54) is 20.1 Å². The molecule has 0 radical (unpaired) electrons. The third-order valence-electron chi connectivity index (χ3n) is 3.73. The van der Waals surface area contributed by atoms with Crippen molar-refractivity contribution in [2.24, 2.45) is 0 Å². The van der Waals surface area contributed by atoms with Gasteiger partial charge in [-0.2, -0.15) is 0 Å². The van der Waals surface area contributed by atoms with Gasteiger partial charge in [-0.25, -0.2) is 8.42 Å². The molecule has 1 aromatic heterocycles. The SMILES string of the molecule is CC(C)S(=O)(=O)CC(=O)NCc1cccc(C(=O)NCc2ccco2)c1. The number of nitrogens with one attached hydrogen (secondary N) is 2. The van der Waals surface area contributed by atoms with Crippen LogP contribution in [-0.2, 0) is 27.7 Å². The Labute approximate surface area is 152 Å². The van der Waals surface area contributed by atoms with Crippen LogP contribution in [0.3, 0.4) is 0 Å². The molecule has 8 heteroatoms. The average Bonchev–Trinajstić information content (AvgIpc) is 3.11. The van der Waals surface area contributed by atoms with Crippen molar-refractivity contribution < 1.29 is 22.4 Å². The number of carbonyl (C=O) groups is 2. The van der Waals surface area contributed by atoms with Crippen LogP contribution in [0.15, 0.2) is 47.1 Å². The molecule has 1 aromatic carbocycles. The molecule has 2 rings (SSSR count). The monoisotopic (exact) mass is 378 g/mol. The lowest BCUT2D eigenvalue weighted by Gasteiger charge is -2.09. The maximum atomic E-state index is 12.2. The van der Waals surface area contributed by atoms with Gasteiger partial charge in [0.05, 0.1) is 18.1 Å². The Morgan fingerprint density at radius 2 is 1.85 bits per heavy atom. The van der Waals surface area contributed by atoms with Crippen molar-refractivity contribution >= 4 is 21.7 Å². The third-order valence-corrected chi connectivity index (χ3v) is 5.83. The van der Waals surface area contributed by atoms with Crippen LogP contribution in [0, 0.1) is 0 Å². The van der Waals surface area contributed by atoms with Gasteiger partial charge in [0.2, 0.25) is 5.91 Å². The Morgan fingerprint density at radius 1 is 1.08 bits per heavy atom. The lowest BCUT2D eigenvalue weighted by molar-refractivity contribution is -0.118. The summed E-state index contributed by atoms with van der Waals surface area (Å²) in [5.74, 6) is -0.731. The molecule has 0 aliphatic carbocycles. The number of hydrogen-bond donors (Lipinski definition) is 2. The molecule has 0 saturated heterocycles. The normalized spacial score (nSPS) is 11.3. The minimum Gasteiger partial charge on any atom is -0.467 e. The van der Waals surface area contributed by atoms with Crippen molar-refractivity contribution in [3.63, 3.8) is 0 Å². The number of rotatable bonds is 8. The second kappa shape index (κ2) is 8.66. The van der Waals surface area contributed by atoms with Crippen LogP contribution >= 0.6 is 0 Å². The van der Waals surface area contributed by atoms with E-state index in [2.05, 4.69) is 10.6 Å². The van der Waals surface area contributed by atoms with E-state index < -0.39 is 26.7 Å². The topological polar surface area (TPSA) is 105 Å². The fraction of sp³-hybridized carbons (Fsp3) is 0.333. The first kappa shape index (κ1) is 19.7. The quantitative estimate of drug-likeness (QED) is 0.727. The molecule has 26 heavy (non-hydrogen) atoms. The molecule has 2 amide bonds. The van der Waals surface area contributed by atoms with E-state index in [4.69, 9.17) is 4.42 Å². The number of sulfone groups is 1. The van der Waals surface area contributed by atoms with Crippen LogP contribution < -0.4 is 10.6 Å². The molecule has 7 nitrogen and oxygen atoms in total. The number of carbonyl (C=O) groups excluding carboxylic acids is 2.